The van der Waals surface area contributed by atoms with E-state index in [1.54, 1.807) is 0 Å². The van der Waals surface area contributed by atoms with E-state index in [0.29, 0.717) is 18.5 Å². The fourth-order valence-electron chi connectivity index (χ4n) is 3.61. The Morgan fingerprint density at radius 3 is 2.64 bits per heavy atom. The lowest BCUT2D eigenvalue weighted by atomic mass is 9.96. The molecule has 2 N–H and O–H groups in total. The second kappa shape index (κ2) is 7.27. The minimum atomic E-state index is -0.407. The summed E-state index contributed by atoms with van der Waals surface area (Å²) in [7, 11) is 1.43. The highest BCUT2D eigenvalue weighted by molar-refractivity contribution is 5.82. The molecule has 1 fully saturated rings. The molecule has 1 aromatic carbocycles. The number of methoxy groups -OCH3 is 1. The quantitative estimate of drug-likeness (QED) is 0.638. The lowest BCUT2D eigenvalue weighted by Gasteiger charge is -2.28. The number of carbonyl (C=O) groups is 1. The number of phenolic OH excluding ortho intramolecular Hbond substituents is 1. The normalized spacial score (nSPS) is 20.6. The molecule has 3 rings (SSSR count). The lowest BCUT2D eigenvalue weighted by molar-refractivity contribution is -0.919. The number of hydrogen-bond acceptors (Lipinski definition) is 5. The molecule has 0 atom stereocenters. The van der Waals surface area contributed by atoms with Crippen molar-refractivity contribution in [1.29, 1.82) is 0 Å². The van der Waals surface area contributed by atoms with Gasteiger partial charge in [-0.1, -0.05) is 6.92 Å². The summed E-state index contributed by atoms with van der Waals surface area (Å²) in [6.45, 7) is 4.40. The van der Waals surface area contributed by atoms with Crippen LogP contribution in [0.5, 0.6) is 5.75 Å². The van der Waals surface area contributed by atoms with E-state index in [0.717, 1.165) is 42.4 Å². The number of aromatic hydroxyl groups is 1. The Balaban J connectivity index is 1.84. The van der Waals surface area contributed by atoms with Gasteiger partial charge in [-0.15, -0.1) is 0 Å². The van der Waals surface area contributed by atoms with Gasteiger partial charge in [0.15, 0.2) is 0 Å². The number of fused-ring (bicyclic) bond motifs is 1. The van der Waals surface area contributed by atoms with E-state index in [1.807, 2.05) is 13.0 Å². The van der Waals surface area contributed by atoms with E-state index in [4.69, 9.17) is 9.15 Å². The number of likely N-dealkylation sites (tertiary alicyclic amines) is 1. The average Bonchev–Trinajstić information content (AvgIpc) is 2.61. The molecule has 0 radical (unpaired) electrons. The number of esters is 1. The van der Waals surface area contributed by atoms with Crippen molar-refractivity contribution in [2.24, 2.45) is 5.92 Å². The molecule has 6 heteroatoms. The zero-order valence-electron chi connectivity index (χ0n) is 14.6. The lowest BCUT2D eigenvalue weighted by Crippen LogP contribution is -3.11. The van der Waals surface area contributed by atoms with E-state index >= 15 is 0 Å². The first kappa shape index (κ1) is 17.5. The third-order valence-electron chi connectivity index (χ3n) is 5.08. The summed E-state index contributed by atoms with van der Waals surface area (Å²) in [5.41, 5.74) is 1.77. The van der Waals surface area contributed by atoms with E-state index < -0.39 is 5.63 Å². The molecule has 0 unspecified atom stereocenters. The molecule has 134 valence electrons. The topological polar surface area (TPSA) is 81.2 Å². The summed E-state index contributed by atoms with van der Waals surface area (Å²) in [6.07, 6.45) is 2.29. The number of piperidine rings is 1. The van der Waals surface area contributed by atoms with Crippen LogP contribution in [-0.4, -0.2) is 31.3 Å². The molecule has 2 aromatic rings. The predicted molar refractivity (Wildman–Crippen MR) is 92.7 cm³/mol. The molecule has 0 saturated carbocycles. The number of hydrogen-bond donors (Lipinski definition) is 2. The molecule has 0 aliphatic carbocycles. The zero-order chi connectivity index (χ0) is 18.0. The monoisotopic (exact) mass is 346 g/mol. The summed E-state index contributed by atoms with van der Waals surface area (Å²) < 4.78 is 10.1. The van der Waals surface area contributed by atoms with Crippen molar-refractivity contribution in [1.82, 2.24) is 0 Å². The first-order valence-corrected chi connectivity index (χ1v) is 8.71. The van der Waals surface area contributed by atoms with Crippen molar-refractivity contribution >= 4 is 16.9 Å². The van der Waals surface area contributed by atoms with Crippen LogP contribution in [0, 0.1) is 5.92 Å². The van der Waals surface area contributed by atoms with Gasteiger partial charge in [0.2, 0.25) is 0 Å². The third-order valence-corrected chi connectivity index (χ3v) is 5.08. The largest absolute Gasteiger partial charge is 0.508 e. The molecule has 6 nitrogen and oxygen atoms in total. The van der Waals surface area contributed by atoms with E-state index in [9.17, 15) is 14.7 Å². The molecular formula is C19H24NO5+. The first-order chi connectivity index (χ1) is 12.0. The smallest absolute Gasteiger partial charge is 0.336 e. The van der Waals surface area contributed by atoms with Gasteiger partial charge in [-0.05, 0) is 18.1 Å². The van der Waals surface area contributed by atoms with E-state index in [-0.39, 0.29) is 17.6 Å². The molecule has 1 aliphatic rings. The number of phenols is 1. The van der Waals surface area contributed by atoms with Gasteiger partial charge < -0.3 is 19.2 Å². The number of benzene rings is 1. The van der Waals surface area contributed by atoms with Crippen molar-refractivity contribution in [3.63, 3.8) is 0 Å². The third kappa shape index (κ3) is 3.69. The SMILES string of the molecule is CCc1cc2c(C[NH+]3CCC(C(=O)OC)CC3)cc(=O)oc2cc1O. The number of nitrogens with one attached hydrogen (secondary N) is 1. The Morgan fingerprint density at radius 2 is 2.00 bits per heavy atom. The molecule has 1 aliphatic heterocycles. The minimum Gasteiger partial charge on any atom is -0.508 e. The van der Waals surface area contributed by atoms with Crippen LogP contribution in [0.25, 0.3) is 11.0 Å². The number of quaternary nitrogens is 1. The molecule has 2 heterocycles. The van der Waals surface area contributed by atoms with Crippen LogP contribution in [-0.2, 0) is 22.5 Å². The zero-order valence-corrected chi connectivity index (χ0v) is 14.6. The second-order valence-electron chi connectivity index (χ2n) is 6.65. The summed E-state index contributed by atoms with van der Waals surface area (Å²) in [4.78, 5) is 24.8. The van der Waals surface area contributed by atoms with Crippen LogP contribution in [0.15, 0.2) is 27.4 Å². The van der Waals surface area contributed by atoms with Gasteiger partial charge in [0.1, 0.15) is 17.9 Å². The fraction of sp³-hybridized carbons (Fsp3) is 0.474. The highest BCUT2D eigenvalue weighted by Gasteiger charge is 2.28. The number of carbonyl (C=O) groups excluding carboxylic acids is 1. The van der Waals surface area contributed by atoms with Crippen molar-refractivity contribution in [2.75, 3.05) is 20.2 Å². The number of rotatable bonds is 4. The summed E-state index contributed by atoms with van der Waals surface area (Å²) in [5.74, 6) is 0.00411. The average molecular weight is 346 g/mol. The van der Waals surface area contributed by atoms with E-state index in [2.05, 4.69) is 0 Å². The van der Waals surface area contributed by atoms with Crippen LogP contribution >= 0.6 is 0 Å². The summed E-state index contributed by atoms with van der Waals surface area (Å²) >= 11 is 0. The maximum atomic E-state index is 11.9. The van der Waals surface area contributed by atoms with Gasteiger partial charge in [-0.3, -0.25) is 4.79 Å². The highest BCUT2D eigenvalue weighted by Crippen LogP contribution is 2.26. The standard InChI is InChI=1S/C19H23NO5/c1-3-12-8-15-14(9-18(22)25-17(15)10-16(12)21)11-20-6-4-13(5-7-20)19(23)24-2/h8-10,13,21H,3-7,11H2,1-2H3/p+1. The van der Waals surface area contributed by atoms with Crippen LogP contribution in [0.4, 0.5) is 0 Å². The molecule has 25 heavy (non-hydrogen) atoms. The van der Waals surface area contributed by atoms with Gasteiger partial charge in [-0.2, -0.15) is 0 Å². The molecule has 1 aromatic heterocycles. The number of aryl methyl sites for hydroxylation is 1. The maximum absolute atomic E-state index is 11.9. The Bertz CT molecular complexity index is 834. The van der Waals surface area contributed by atoms with Gasteiger partial charge >= 0.3 is 11.6 Å². The molecule has 0 amide bonds. The molecule has 0 bridgehead atoms. The Morgan fingerprint density at radius 1 is 1.28 bits per heavy atom. The summed E-state index contributed by atoms with van der Waals surface area (Å²) in [6, 6.07) is 4.97. The Hall–Kier alpha value is -2.34. The first-order valence-electron chi connectivity index (χ1n) is 8.71. The molecule has 0 spiro atoms. The maximum Gasteiger partial charge on any atom is 0.336 e. The fourth-order valence-corrected chi connectivity index (χ4v) is 3.61. The van der Waals surface area contributed by atoms with Crippen LogP contribution in [0.3, 0.4) is 0 Å². The van der Waals surface area contributed by atoms with Gasteiger partial charge in [0.05, 0.1) is 26.1 Å². The van der Waals surface area contributed by atoms with Crippen molar-refractivity contribution in [3.8, 4) is 5.75 Å². The highest BCUT2D eigenvalue weighted by atomic mass is 16.5. The Labute approximate surface area is 146 Å². The Kier molecular flexibility index (Phi) is 5.08. The van der Waals surface area contributed by atoms with Crippen LogP contribution < -0.4 is 10.5 Å². The molecular weight excluding hydrogens is 322 g/mol. The van der Waals surface area contributed by atoms with E-state index in [1.165, 1.54) is 24.1 Å². The second-order valence-corrected chi connectivity index (χ2v) is 6.65. The predicted octanol–water partition coefficient (Wildman–Crippen LogP) is 1.03. The number of ether oxygens (including phenoxy) is 1. The van der Waals surface area contributed by atoms with Gasteiger partial charge in [-0.25, -0.2) is 4.79 Å². The minimum absolute atomic E-state index is 0.0185. The van der Waals surface area contributed by atoms with Crippen LogP contribution in [0.2, 0.25) is 0 Å². The van der Waals surface area contributed by atoms with Crippen molar-refractivity contribution < 1.29 is 24.0 Å². The van der Waals surface area contributed by atoms with Crippen molar-refractivity contribution in [3.05, 3.63) is 39.7 Å². The summed E-state index contributed by atoms with van der Waals surface area (Å²) in [5, 5.41) is 10.9. The van der Waals surface area contributed by atoms with Crippen molar-refractivity contribution in [2.45, 2.75) is 32.7 Å². The van der Waals surface area contributed by atoms with Gasteiger partial charge in [0, 0.05) is 35.9 Å². The van der Waals surface area contributed by atoms with Crippen LogP contribution in [0.1, 0.15) is 30.9 Å². The van der Waals surface area contributed by atoms with Gasteiger partial charge in [0.25, 0.3) is 0 Å². The molecule has 1 saturated heterocycles.